The quantitative estimate of drug-likeness (QED) is 0.399. The number of halogens is 1. The molecule has 2 amide bonds. The number of hydrogen-bond donors (Lipinski definition) is 1. The first kappa shape index (κ1) is 27.5. The lowest BCUT2D eigenvalue weighted by atomic mass is 9.71. The maximum atomic E-state index is 16.0. The summed E-state index contributed by atoms with van der Waals surface area (Å²) in [5, 5.41) is 17.4. The average molecular weight is 562 g/mol. The molecule has 1 aromatic heterocycles. The number of carbonyl (C=O) groups is 2. The van der Waals surface area contributed by atoms with Crippen molar-refractivity contribution in [3.8, 4) is 0 Å². The summed E-state index contributed by atoms with van der Waals surface area (Å²) in [6.07, 6.45) is 2.53. The van der Waals surface area contributed by atoms with Crippen molar-refractivity contribution in [1.29, 1.82) is 0 Å². The number of amides is 2. The van der Waals surface area contributed by atoms with Gasteiger partial charge in [0.05, 0.1) is 24.0 Å². The topological polar surface area (TPSA) is 101 Å². The monoisotopic (exact) mass is 561 g/mol. The van der Waals surface area contributed by atoms with Crippen LogP contribution < -0.4 is 9.80 Å². The number of aliphatic hydroxyl groups excluding tert-OH is 1. The lowest BCUT2D eigenvalue weighted by Crippen LogP contribution is -2.46. The van der Waals surface area contributed by atoms with Crippen LogP contribution in [-0.2, 0) is 39.4 Å². The van der Waals surface area contributed by atoms with E-state index in [2.05, 4.69) is 10.3 Å². The van der Waals surface area contributed by atoms with E-state index in [1.165, 1.54) is 0 Å². The van der Waals surface area contributed by atoms with Crippen LogP contribution >= 0.6 is 0 Å². The van der Waals surface area contributed by atoms with Crippen molar-refractivity contribution in [3.05, 3.63) is 71.5 Å². The smallest absolute Gasteiger partial charge is 0.264 e. The van der Waals surface area contributed by atoms with Crippen LogP contribution in [0.4, 0.5) is 15.8 Å². The molecule has 0 unspecified atom stereocenters. The van der Waals surface area contributed by atoms with E-state index in [9.17, 15) is 14.7 Å². The molecule has 2 saturated heterocycles. The second-order valence-corrected chi connectivity index (χ2v) is 11.9. The molecule has 3 aliphatic heterocycles. The number of aliphatic hydroxyl groups is 1. The lowest BCUT2D eigenvalue weighted by molar-refractivity contribution is -0.146. The number of hydrogen-bond acceptors (Lipinski definition) is 6. The fourth-order valence-corrected chi connectivity index (χ4v) is 6.92. The molecule has 3 aliphatic rings. The number of anilines is 2. The molecule has 0 aliphatic carbocycles. The van der Waals surface area contributed by atoms with E-state index in [1.54, 1.807) is 34.5 Å². The third-order valence-corrected chi connectivity index (χ3v) is 8.89. The van der Waals surface area contributed by atoms with E-state index in [1.807, 2.05) is 55.5 Å². The number of fused-ring (bicyclic) bond motifs is 2. The fraction of sp³-hybridized carbons (Fsp3) is 0.484. The summed E-state index contributed by atoms with van der Waals surface area (Å²) in [6, 6.07) is 15.4. The van der Waals surface area contributed by atoms with E-state index in [4.69, 9.17) is 4.74 Å². The standard InChI is InChI=1S/C31H36FN5O4/c1-20-28(30(2,3)32)26(11-14-35-19-22(13-16-38)33-34-35)41-31(20)24-17-23(36-15-12-27(36)39)9-10-25(24)37(29(31)40)18-21-7-5-4-6-8-21/h4-10,17,19-20,26,28,38H,11-16,18H2,1-3H3/t20-,26+,28-,31+/m1/s1. The van der Waals surface area contributed by atoms with Crippen molar-refractivity contribution in [2.45, 2.75) is 70.5 Å². The molecule has 9 nitrogen and oxygen atoms in total. The van der Waals surface area contributed by atoms with Gasteiger partial charge in [0.2, 0.25) is 5.91 Å². The molecule has 6 rings (SSSR count). The summed E-state index contributed by atoms with van der Waals surface area (Å²) >= 11 is 0. The van der Waals surface area contributed by atoms with Gasteiger partial charge in [0, 0.05) is 61.8 Å². The molecule has 0 saturated carbocycles. The zero-order valence-electron chi connectivity index (χ0n) is 23.7. The Bertz CT molecular complexity index is 1450. The van der Waals surface area contributed by atoms with Gasteiger partial charge in [-0.1, -0.05) is 42.5 Å². The molecule has 216 valence electrons. The van der Waals surface area contributed by atoms with E-state index >= 15 is 4.39 Å². The molecule has 41 heavy (non-hydrogen) atoms. The van der Waals surface area contributed by atoms with Gasteiger partial charge in [0.15, 0.2) is 5.60 Å². The van der Waals surface area contributed by atoms with Gasteiger partial charge in [-0.2, -0.15) is 0 Å². The van der Waals surface area contributed by atoms with Crippen LogP contribution in [0.15, 0.2) is 54.7 Å². The molecule has 1 N–H and O–H groups in total. The van der Waals surface area contributed by atoms with Crippen molar-refractivity contribution < 1.29 is 23.8 Å². The number of aryl methyl sites for hydroxylation is 1. The Hall–Kier alpha value is -3.63. The highest BCUT2D eigenvalue weighted by atomic mass is 19.1. The van der Waals surface area contributed by atoms with Crippen LogP contribution in [-0.4, -0.2) is 56.8 Å². The average Bonchev–Trinajstić information content (AvgIpc) is 3.57. The number of nitrogens with zero attached hydrogens (tertiary/aromatic N) is 5. The van der Waals surface area contributed by atoms with Gasteiger partial charge >= 0.3 is 0 Å². The van der Waals surface area contributed by atoms with Crippen molar-refractivity contribution in [2.24, 2.45) is 11.8 Å². The number of ether oxygens (including phenoxy) is 1. The fourth-order valence-electron chi connectivity index (χ4n) is 6.92. The Balaban J connectivity index is 1.39. The summed E-state index contributed by atoms with van der Waals surface area (Å²) in [5.74, 6) is -1.23. The van der Waals surface area contributed by atoms with Crippen molar-refractivity contribution >= 4 is 23.2 Å². The van der Waals surface area contributed by atoms with Gasteiger partial charge < -0.3 is 19.6 Å². The maximum Gasteiger partial charge on any atom is 0.264 e. The Morgan fingerprint density at radius 3 is 2.61 bits per heavy atom. The second kappa shape index (κ2) is 10.3. The van der Waals surface area contributed by atoms with Gasteiger partial charge in [0.1, 0.15) is 5.67 Å². The van der Waals surface area contributed by atoms with Crippen LogP contribution in [0.5, 0.6) is 0 Å². The van der Waals surface area contributed by atoms with Gasteiger partial charge in [-0.25, -0.2) is 4.39 Å². The Labute approximate surface area is 238 Å². The van der Waals surface area contributed by atoms with E-state index in [-0.39, 0.29) is 18.4 Å². The molecule has 4 heterocycles. The van der Waals surface area contributed by atoms with Crippen LogP contribution in [0.25, 0.3) is 0 Å². The summed E-state index contributed by atoms with van der Waals surface area (Å²) in [7, 11) is 0. The van der Waals surface area contributed by atoms with Crippen molar-refractivity contribution in [3.63, 3.8) is 0 Å². The minimum atomic E-state index is -1.63. The van der Waals surface area contributed by atoms with Crippen molar-refractivity contribution in [1.82, 2.24) is 15.0 Å². The maximum absolute atomic E-state index is 16.0. The number of benzene rings is 2. The normalized spacial score (nSPS) is 25.7. The summed E-state index contributed by atoms with van der Waals surface area (Å²) in [5.41, 5.74) is 0.766. The molecule has 0 bridgehead atoms. The number of alkyl halides is 1. The number of rotatable bonds is 9. The predicted molar refractivity (Wildman–Crippen MR) is 151 cm³/mol. The third-order valence-electron chi connectivity index (χ3n) is 8.89. The third kappa shape index (κ3) is 4.63. The van der Waals surface area contributed by atoms with E-state index < -0.39 is 29.2 Å². The number of carbonyl (C=O) groups excluding carboxylic acids is 2. The highest BCUT2D eigenvalue weighted by Gasteiger charge is 2.66. The highest BCUT2D eigenvalue weighted by molar-refractivity contribution is 6.08. The molecule has 4 atom stereocenters. The van der Waals surface area contributed by atoms with Crippen LogP contribution in [0.2, 0.25) is 0 Å². The van der Waals surface area contributed by atoms with Crippen LogP contribution in [0, 0.1) is 11.8 Å². The highest BCUT2D eigenvalue weighted by Crippen LogP contribution is 2.59. The number of aromatic nitrogens is 3. The number of β-lactam (4-membered cyclic amide) rings is 1. The van der Waals surface area contributed by atoms with Gasteiger partial charge in [0.25, 0.3) is 5.91 Å². The molecule has 2 aromatic carbocycles. The zero-order valence-corrected chi connectivity index (χ0v) is 23.7. The molecular formula is C31H36FN5O4. The Morgan fingerprint density at radius 1 is 1.17 bits per heavy atom. The van der Waals surface area contributed by atoms with Crippen molar-refractivity contribution in [2.75, 3.05) is 23.0 Å². The zero-order chi connectivity index (χ0) is 28.9. The Kier molecular flexibility index (Phi) is 6.94. The lowest BCUT2D eigenvalue weighted by Gasteiger charge is -2.33. The molecule has 1 spiro atoms. The first-order chi connectivity index (χ1) is 19.6. The first-order valence-electron chi connectivity index (χ1n) is 14.3. The van der Waals surface area contributed by atoms with E-state index in [0.29, 0.717) is 50.2 Å². The first-order valence-corrected chi connectivity index (χ1v) is 14.3. The molecular weight excluding hydrogens is 525 g/mol. The minimum Gasteiger partial charge on any atom is -0.396 e. The molecule has 2 fully saturated rings. The molecule has 3 aromatic rings. The summed E-state index contributed by atoms with van der Waals surface area (Å²) in [6.45, 7) is 6.40. The Morgan fingerprint density at radius 2 is 1.95 bits per heavy atom. The van der Waals surface area contributed by atoms with Crippen LogP contribution in [0.1, 0.15) is 50.4 Å². The van der Waals surface area contributed by atoms with Gasteiger partial charge in [-0.3, -0.25) is 14.3 Å². The van der Waals surface area contributed by atoms with E-state index in [0.717, 1.165) is 16.9 Å². The second-order valence-electron chi connectivity index (χ2n) is 11.9. The SMILES string of the molecule is C[C@@H]1[C@@H](C(C)(C)F)[C@H](CCn2cc(CCO)nn2)O[C@@]12C(=O)N(Cc1ccccc1)c1ccc(N3CCC3=O)cc12. The largest absolute Gasteiger partial charge is 0.396 e. The predicted octanol–water partition coefficient (Wildman–Crippen LogP) is 3.78. The van der Waals surface area contributed by atoms with Crippen LogP contribution in [0.3, 0.4) is 0 Å². The van der Waals surface area contributed by atoms with Gasteiger partial charge in [-0.05, 0) is 44.0 Å². The summed E-state index contributed by atoms with van der Waals surface area (Å²) < 4.78 is 24.5. The molecule has 0 radical (unpaired) electrons. The van der Waals surface area contributed by atoms with Gasteiger partial charge in [-0.15, -0.1) is 5.10 Å². The summed E-state index contributed by atoms with van der Waals surface area (Å²) in [4.78, 5) is 30.3. The molecule has 10 heteroatoms. The minimum absolute atomic E-state index is 0.0193.